The maximum atomic E-state index is 12.0. The molecule has 1 aliphatic rings. The highest BCUT2D eigenvalue weighted by atomic mass is 16.5. The zero-order valence-corrected chi connectivity index (χ0v) is 13.5. The Morgan fingerprint density at radius 1 is 1.33 bits per heavy atom. The molecular weight excluding hydrogens is 308 g/mol. The summed E-state index contributed by atoms with van der Waals surface area (Å²) in [6, 6.07) is 6.43. The average Bonchev–Trinajstić information content (AvgIpc) is 3.20. The Labute approximate surface area is 140 Å². The Kier molecular flexibility index (Phi) is 4.90. The molecule has 0 aliphatic carbocycles. The molecule has 24 heavy (non-hydrogen) atoms. The van der Waals surface area contributed by atoms with Crippen molar-refractivity contribution in [1.82, 2.24) is 9.78 Å². The standard InChI is InChI=1S/C17H20N4O3/c1-12(22)13-4-2-5-14(8-13)19-17(23)20-15-9-18-21(10-15)11-16-6-3-7-24-16/h2,4-5,8-10,16H,3,6-7,11H2,1H3,(H2,19,20,23). The highest BCUT2D eigenvalue weighted by Crippen LogP contribution is 2.15. The van der Waals surface area contributed by atoms with Crippen LogP contribution in [0.15, 0.2) is 36.7 Å². The number of benzene rings is 1. The Hall–Kier alpha value is -2.67. The number of nitrogens with zero attached hydrogens (tertiary/aromatic N) is 2. The molecule has 2 aromatic rings. The third-order valence-corrected chi connectivity index (χ3v) is 3.83. The van der Waals surface area contributed by atoms with Gasteiger partial charge in [0, 0.05) is 24.1 Å². The number of aromatic nitrogens is 2. The van der Waals surface area contributed by atoms with E-state index in [1.807, 2.05) is 0 Å². The lowest BCUT2D eigenvalue weighted by Crippen LogP contribution is -2.19. The molecule has 0 spiro atoms. The molecule has 7 heteroatoms. The van der Waals surface area contributed by atoms with E-state index >= 15 is 0 Å². The van der Waals surface area contributed by atoms with Crippen LogP contribution < -0.4 is 10.6 Å². The molecule has 3 rings (SSSR count). The number of carbonyl (C=O) groups excluding carboxylic acids is 2. The molecule has 2 heterocycles. The molecule has 1 aromatic carbocycles. The van der Waals surface area contributed by atoms with Crippen LogP contribution in [0.25, 0.3) is 0 Å². The Balaban J connectivity index is 1.56. The molecule has 7 nitrogen and oxygen atoms in total. The van der Waals surface area contributed by atoms with E-state index in [9.17, 15) is 9.59 Å². The van der Waals surface area contributed by atoms with Gasteiger partial charge in [-0.3, -0.25) is 9.48 Å². The van der Waals surface area contributed by atoms with Crippen LogP contribution in [0.5, 0.6) is 0 Å². The first-order chi connectivity index (χ1) is 11.6. The van der Waals surface area contributed by atoms with Crippen LogP contribution in [-0.2, 0) is 11.3 Å². The van der Waals surface area contributed by atoms with Gasteiger partial charge in [-0.05, 0) is 31.9 Å². The number of hydrogen-bond acceptors (Lipinski definition) is 4. The smallest absolute Gasteiger partial charge is 0.323 e. The molecule has 0 radical (unpaired) electrons. The van der Waals surface area contributed by atoms with Crippen molar-refractivity contribution in [1.29, 1.82) is 0 Å². The lowest BCUT2D eigenvalue weighted by molar-refractivity contribution is 0.0940. The van der Waals surface area contributed by atoms with Gasteiger partial charge in [0.15, 0.2) is 5.78 Å². The van der Waals surface area contributed by atoms with Crippen LogP contribution in [0.4, 0.5) is 16.2 Å². The van der Waals surface area contributed by atoms with Crippen molar-refractivity contribution in [2.75, 3.05) is 17.2 Å². The minimum absolute atomic E-state index is 0.0468. The number of nitrogens with one attached hydrogen (secondary N) is 2. The second-order valence-corrected chi connectivity index (χ2v) is 5.80. The van der Waals surface area contributed by atoms with Crippen LogP contribution in [0.3, 0.4) is 0 Å². The summed E-state index contributed by atoms with van der Waals surface area (Å²) in [5, 5.41) is 9.66. The van der Waals surface area contributed by atoms with Gasteiger partial charge in [0.05, 0.1) is 24.5 Å². The number of hydrogen-bond donors (Lipinski definition) is 2. The number of urea groups is 1. The third-order valence-electron chi connectivity index (χ3n) is 3.83. The van der Waals surface area contributed by atoms with Crippen molar-refractivity contribution in [3.8, 4) is 0 Å². The molecule has 1 unspecified atom stereocenters. The maximum absolute atomic E-state index is 12.0. The van der Waals surface area contributed by atoms with Gasteiger partial charge in [-0.1, -0.05) is 12.1 Å². The topological polar surface area (TPSA) is 85.3 Å². The zero-order chi connectivity index (χ0) is 16.9. The predicted molar refractivity (Wildman–Crippen MR) is 90.3 cm³/mol. The van der Waals surface area contributed by atoms with Gasteiger partial charge in [-0.25, -0.2) is 4.79 Å². The summed E-state index contributed by atoms with van der Waals surface area (Å²) < 4.78 is 7.33. The first kappa shape index (κ1) is 16.2. The molecule has 2 N–H and O–H groups in total. The van der Waals surface area contributed by atoms with Crippen molar-refractivity contribution in [3.05, 3.63) is 42.2 Å². The van der Waals surface area contributed by atoms with E-state index in [-0.39, 0.29) is 17.9 Å². The lowest BCUT2D eigenvalue weighted by atomic mass is 10.1. The van der Waals surface area contributed by atoms with Crippen molar-refractivity contribution >= 4 is 23.2 Å². The van der Waals surface area contributed by atoms with Gasteiger partial charge in [0.25, 0.3) is 0 Å². The molecule has 0 bridgehead atoms. The van der Waals surface area contributed by atoms with Crippen LogP contribution in [-0.4, -0.2) is 34.3 Å². The van der Waals surface area contributed by atoms with E-state index in [1.54, 1.807) is 41.3 Å². The maximum Gasteiger partial charge on any atom is 0.323 e. The average molecular weight is 328 g/mol. The van der Waals surface area contributed by atoms with E-state index in [4.69, 9.17) is 4.74 Å². The molecule has 1 atom stereocenters. The molecule has 1 fully saturated rings. The third kappa shape index (κ3) is 4.20. The summed E-state index contributed by atoms with van der Waals surface area (Å²) in [6.45, 7) is 2.98. The van der Waals surface area contributed by atoms with Crippen molar-refractivity contribution < 1.29 is 14.3 Å². The summed E-state index contributed by atoms with van der Waals surface area (Å²) in [7, 11) is 0. The fraction of sp³-hybridized carbons (Fsp3) is 0.353. The molecule has 2 amide bonds. The van der Waals surface area contributed by atoms with Crippen molar-refractivity contribution in [2.45, 2.75) is 32.4 Å². The molecule has 1 aromatic heterocycles. The minimum Gasteiger partial charge on any atom is -0.376 e. The molecular formula is C17H20N4O3. The Morgan fingerprint density at radius 3 is 2.92 bits per heavy atom. The zero-order valence-electron chi connectivity index (χ0n) is 13.5. The largest absolute Gasteiger partial charge is 0.376 e. The number of Topliss-reactive ketones (excluding diaryl/α,β-unsaturated/α-hetero) is 1. The van der Waals surface area contributed by atoms with E-state index in [0.717, 1.165) is 19.4 Å². The Morgan fingerprint density at radius 2 is 2.17 bits per heavy atom. The van der Waals surface area contributed by atoms with E-state index in [1.165, 1.54) is 6.92 Å². The van der Waals surface area contributed by atoms with E-state index in [2.05, 4.69) is 15.7 Å². The summed E-state index contributed by atoms with van der Waals surface area (Å²) in [4.78, 5) is 23.4. The molecule has 1 aliphatic heterocycles. The fourth-order valence-corrected chi connectivity index (χ4v) is 2.63. The van der Waals surface area contributed by atoms with Crippen LogP contribution in [0.1, 0.15) is 30.1 Å². The molecule has 1 saturated heterocycles. The fourth-order valence-electron chi connectivity index (χ4n) is 2.63. The normalized spacial score (nSPS) is 16.8. The highest BCUT2D eigenvalue weighted by molar-refractivity contribution is 6.01. The molecule has 0 saturated carbocycles. The van der Waals surface area contributed by atoms with Gasteiger partial charge in [0.2, 0.25) is 0 Å². The SMILES string of the molecule is CC(=O)c1cccc(NC(=O)Nc2cnn(CC3CCCO3)c2)c1. The molecule has 126 valence electrons. The number of rotatable bonds is 5. The first-order valence-corrected chi connectivity index (χ1v) is 7.93. The van der Waals surface area contributed by atoms with Gasteiger partial charge >= 0.3 is 6.03 Å². The quantitative estimate of drug-likeness (QED) is 0.827. The highest BCUT2D eigenvalue weighted by Gasteiger charge is 2.16. The lowest BCUT2D eigenvalue weighted by Gasteiger charge is -2.09. The van der Waals surface area contributed by atoms with Gasteiger partial charge in [-0.2, -0.15) is 5.10 Å². The number of ether oxygens (including phenoxy) is 1. The number of carbonyl (C=O) groups is 2. The number of anilines is 2. The van der Waals surface area contributed by atoms with Crippen LogP contribution in [0, 0.1) is 0 Å². The van der Waals surface area contributed by atoms with Crippen LogP contribution >= 0.6 is 0 Å². The summed E-state index contributed by atoms with van der Waals surface area (Å²) in [6.07, 6.45) is 5.68. The minimum atomic E-state index is -0.382. The number of amides is 2. The van der Waals surface area contributed by atoms with Gasteiger partial charge < -0.3 is 15.4 Å². The monoisotopic (exact) mass is 328 g/mol. The first-order valence-electron chi connectivity index (χ1n) is 7.93. The summed E-state index contributed by atoms with van der Waals surface area (Å²) >= 11 is 0. The van der Waals surface area contributed by atoms with Crippen molar-refractivity contribution in [3.63, 3.8) is 0 Å². The summed E-state index contributed by atoms with van der Waals surface area (Å²) in [5.41, 5.74) is 1.72. The predicted octanol–water partition coefficient (Wildman–Crippen LogP) is 2.91. The van der Waals surface area contributed by atoms with Crippen LogP contribution in [0.2, 0.25) is 0 Å². The van der Waals surface area contributed by atoms with E-state index < -0.39 is 0 Å². The van der Waals surface area contributed by atoms with Crippen molar-refractivity contribution in [2.24, 2.45) is 0 Å². The second-order valence-electron chi connectivity index (χ2n) is 5.80. The number of ketones is 1. The Bertz CT molecular complexity index is 735. The second kappa shape index (κ2) is 7.27. The van der Waals surface area contributed by atoms with E-state index in [0.29, 0.717) is 23.5 Å². The summed E-state index contributed by atoms with van der Waals surface area (Å²) in [5.74, 6) is -0.0468. The van der Waals surface area contributed by atoms with Gasteiger partial charge in [-0.15, -0.1) is 0 Å². The van der Waals surface area contributed by atoms with Gasteiger partial charge in [0.1, 0.15) is 0 Å².